The van der Waals surface area contributed by atoms with E-state index in [1.807, 2.05) is 31.2 Å². The Hall–Kier alpha value is -3.15. The molecule has 0 radical (unpaired) electrons. The Labute approximate surface area is 126 Å². The summed E-state index contributed by atoms with van der Waals surface area (Å²) < 4.78 is 0. The maximum Gasteiger partial charge on any atom is 0.258 e. The largest absolute Gasteiger partial charge is 0.506 e. The van der Waals surface area contributed by atoms with Gasteiger partial charge in [0.25, 0.3) is 5.91 Å². The van der Waals surface area contributed by atoms with E-state index in [1.165, 1.54) is 24.0 Å². The number of aromatic hydroxyl groups is 1. The normalized spacial score (nSPS) is 10.4. The summed E-state index contributed by atoms with van der Waals surface area (Å²) in [6.07, 6.45) is 2.64. The summed E-state index contributed by atoms with van der Waals surface area (Å²) in [5.41, 5.74) is 3.23. The Morgan fingerprint density at radius 2 is 1.95 bits per heavy atom. The lowest BCUT2D eigenvalue weighted by Crippen LogP contribution is -2.12. The summed E-state index contributed by atoms with van der Waals surface area (Å²) in [7, 11) is 0. The number of hydrogen-bond acceptors (Lipinski definition) is 4. The first kappa shape index (κ1) is 13.8. The van der Waals surface area contributed by atoms with Crippen LogP contribution in [0.4, 0.5) is 5.82 Å². The Kier molecular flexibility index (Phi) is 3.57. The van der Waals surface area contributed by atoms with E-state index >= 15 is 0 Å². The molecule has 0 unspecified atom stereocenters. The van der Waals surface area contributed by atoms with Crippen LogP contribution in [0.5, 0.6) is 5.75 Å². The smallest absolute Gasteiger partial charge is 0.258 e. The second-order valence-electron chi connectivity index (χ2n) is 4.92. The van der Waals surface area contributed by atoms with Crippen LogP contribution in [0.15, 0.2) is 48.8 Å². The van der Waals surface area contributed by atoms with E-state index in [0.717, 1.165) is 11.3 Å². The maximum absolute atomic E-state index is 12.0. The third-order valence-electron chi connectivity index (χ3n) is 3.17. The molecule has 0 fully saturated rings. The van der Waals surface area contributed by atoms with E-state index in [4.69, 9.17) is 0 Å². The molecular weight excluding hydrogens is 280 g/mol. The molecule has 0 bridgehead atoms. The van der Waals surface area contributed by atoms with Crippen LogP contribution in [0.25, 0.3) is 11.3 Å². The first-order valence-electron chi connectivity index (χ1n) is 6.69. The molecule has 0 atom stereocenters. The van der Waals surface area contributed by atoms with Crippen LogP contribution in [0.2, 0.25) is 0 Å². The van der Waals surface area contributed by atoms with Crippen molar-refractivity contribution in [2.75, 3.05) is 5.32 Å². The molecule has 6 nitrogen and oxygen atoms in total. The monoisotopic (exact) mass is 294 g/mol. The lowest BCUT2D eigenvalue weighted by molar-refractivity contribution is 0.102. The fraction of sp³-hybridized carbons (Fsp3) is 0.0625. The summed E-state index contributed by atoms with van der Waals surface area (Å²) in [6.45, 7) is 2.02. The predicted octanol–water partition coefficient (Wildman–Crippen LogP) is 2.74. The van der Waals surface area contributed by atoms with Gasteiger partial charge in [0.05, 0.1) is 17.5 Å². The van der Waals surface area contributed by atoms with Crippen molar-refractivity contribution < 1.29 is 9.90 Å². The predicted molar refractivity (Wildman–Crippen MR) is 82.6 cm³/mol. The molecule has 6 heteroatoms. The van der Waals surface area contributed by atoms with Gasteiger partial charge in [-0.15, -0.1) is 0 Å². The van der Waals surface area contributed by atoms with Gasteiger partial charge in [0.15, 0.2) is 5.82 Å². The van der Waals surface area contributed by atoms with Gasteiger partial charge in [0.1, 0.15) is 5.75 Å². The number of aromatic amines is 1. The number of rotatable bonds is 3. The molecule has 22 heavy (non-hydrogen) atoms. The molecule has 0 saturated carbocycles. The van der Waals surface area contributed by atoms with Crippen molar-refractivity contribution in [2.24, 2.45) is 0 Å². The summed E-state index contributed by atoms with van der Waals surface area (Å²) >= 11 is 0. The van der Waals surface area contributed by atoms with E-state index in [2.05, 4.69) is 20.5 Å². The molecule has 2 heterocycles. The number of nitrogens with zero attached hydrogens (tertiary/aromatic N) is 2. The second-order valence-corrected chi connectivity index (χ2v) is 4.92. The first-order valence-corrected chi connectivity index (χ1v) is 6.69. The molecule has 110 valence electrons. The van der Waals surface area contributed by atoms with Crippen LogP contribution in [-0.2, 0) is 0 Å². The molecule has 0 spiro atoms. The number of nitrogens with one attached hydrogen (secondary N) is 2. The van der Waals surface area contributed by atoms with Gasteiger partial charge in [-0.25, -0.2) is 0 Å². The fourth-order valence-corrected chi connectivity index (χ4v) is 2.01. The van der Waals surface area contributed by atoms with Crippen LogP contribution >= 0.6 is 0 Å². The van der Waals surface area contributed by atoms with Crippen LogP contribution in [-0.4, -0.2) is 26.2 Å². The molecule has 2 aromatic heterocycles. The lowest BCUT2D eigenvalue weighted by atomic mass is 10.1. The average molecular weight is 294 g/mol. The number of aryl methyl sites for hydroxylation is 1. The van der Waals surface area contributed by atoms with E-state index in [9.17, 15) is 9.90 Å². The molecule has 1 amide bonds. The lowest BCUT2D eigenvalue weighted by Gasteiger charge is -2.01. The van der Waals surface area contributed by atoms with Gasteiger partial charge in [-0.05, 0) is 18.6 Å². The minimum absolute atomic E-state index is 0.0602. The molecule has 0 aliphatic rings. The Morgan fingerprint density at radius 1 is 1.18 bits per heavy atom. The van der Waals surface area contributed by atoms with Gasteiger partial charge >= 0.3 is 0 Å². The van der Waals surface area contributed by atoms with Crippen LogP contribution in [0.1, 0.15) is 15.9 Å². The fourth-order valence-electron chi connectivity index (χ4n) is 2.01. The van der Waals surface area contributed by atoms with E-state index in [1.54, 1.807) is 6.07 Å². The van der Waals surface area contributed by atoms with Crippen molar-refractivity contribution in [3.05, 3.63) is 59.9 Å². The molecule has 0 saturated heterocycles. The Bertz CT molecular complexity index is 809. The van der Waals surface area contributed by atoms with Gasteiger partial charge in [0.2, 0.25) is 0 Å². The zero-order chi connectivity index (χ0) is 15.5. The standard InChI is InChI=1S/C16H14N4O2/c1-10-2-4-11(5-3-10)14-7-15(20-19-14)18-16(22)12-6-13(21)9-17-8-12/h2-9,21H,1H3,(H2,18,19,20,22). The van der Waals surface area contributed by atoms with Gasteiger partial charge in [-0.3, -0.25) is 14.9 Å². The molecule has 3 N–H and O–H groups in total. The number of hydrogen-bond donors (Lipinski definition) is 3. The van der Waals surface area contributed by atoms with Gasteiger partial charge in [-0.2, -0.15) is 5.10 Å². The van der Waals surface area contributed by atoms with Crippen molar-refractivity contribution in [1.29, 1.82) is 0 Å². The Morgan fingerprint density at radius 3 is 2.68 bits per heavy atom. The second kappa shape index (κ2) is 5.69. The third kappa shape index (κ3) is 2.95. The number of anilines is 1. The number of pyridine rings is 1. The molecule has 3 rings (SSSR count). The van der Waals surface area contributed by atoms with E-state index in [0.29, 0.717) is 5.82 Å². The van der Waals surface area contributed by atoms with Crippen molar-refractivity contribution in [2.45, 2.75) is 6.92 Å². The number of benzene rings is 1. The zero-order valence-corrected chi connectivity index (χ0v) is 11.9. The molecule has 0 aliphatic heterocycles. The minimum Gasteiger partial charge on any atom is -0.506 e. The number of carbonyl (C=O) groups is 1. The number of aromatic nitrogens is 3. The summed E-state index contributed by atoms with van der Waals surface area (Å²) in [5.74, 6) is -0.0377. The SMILES string of the molecule is Cc1ccc(-c2cc(NC(=O)c3cncc(O)c3)n[nH]2)cc1. The van der Waals surface area contributed by atoms with Crippen molar-refractivity contribution in [1.82, 2.24) is 15.2 Å². The van der Waals surface area contributed by atoms with E-state index in [-0.39, 0.29) is 17.2 Å². The highest BCUT2D eigenvalue weighted by atomic mass is 16.3. The minimum atomic E-state index is -0.384. The van der Waals surface area contributed by atoms with Gasteiger partial charge in [-0.1, -0.05) is 29.8 Å². The Balaban J connectivity index is 1.77. The maximum atomic E-state index is 12.0. The number of carbonyl (C=O) groups excluding carboxylic acids is 1. The highest BCUT2D eigenvalue weighted by Gasteiger charge is 2.10. The van der Waals surface area contributed by atoms with Crippen molar-refractivity contribution in [3.63, 3.8) is 0 Å². The van der Waals surface area contributed by atoms with Crippen molar-refractivity contribution >= 4 is 11.7 Å². The highest BCUT2D eigenvalue weighted by Crippen LogP contribution is 2.20. The van der Waals surface area contributed by atoms with Gasteiger partial charge < -0.3 is 10.4 Å². The summed E-state index contributed by atoms with van der Waals surface area (Å²) in [5, 5.41) is 18.9. The van der Waals surface area contributed by atoms with E-state index < -0.39 is 0 Å². The van der Waals surface area contributed by atoms with Crippen molar-refractivity contribution in [3.8, 4) is 17.0 Å². The van der Waals surface area contributed by atoms with Crippen LogP contribution < -0.4 is 5.32 Å². The highest BCUT2D eigenvalue weighted by molar-refractivity contribution is 6.03. The third-order valence-corrected chi connectivity index (χ3v) is 3.17. The van der Waals surface area contributed by atoms with Crippen LogP contribution in [0.3, 0.4) is 0 Å². The first-order chi connectivity index (χ1) is 10.6. The average Bonchev–Trinajstić information content (AvgIpc) is 2.96. The summed E-state index contributed by atoms with van der Waals surface area (Å²) in [6, 6.07) is 11.1. The number of H-pyrrole nitrogens is 1. The topological polar surface area (TPSA) is 90.9 Å². The molecule has 3 aromatic rings. The quantitative estimate of drug-likeness (QED) is 0.692. The van der Waals surface area contributed by atoms with Gasteiger partial charge in [0, 0.05) is 12.3 Å². The molecular formula is C16H14N4O2. The molecule has 0 aliphatic carbocycles. The zero-order valence-electron chi connectivity index (χ0n) is 11.9. The van der Waals surface area contributed by atoms with Crippen LogP contribution in [0, 0.1) is 6.92 Å². The number of amides is 1. The molecule has 1 aromatic carbocycles. The summed E-state index contributed by atoms with van der Waals surface area (Å²) in [4.78, 5) is 15.8.